The first kappa shape index (κ1) is 69.2. The van der Waals surface area contributed by atoms with Crippen molar-refractivity contribution in [2.75, 3.05) is 74.0 Å². The molecule has 3 unspecified atom stereocenters. The molecule has 0 amide bonds. The lowest BCUT2D eigenvalue weighted by atomic mass is 10.1. The average Bonchev–Trinajstić information content (AvgIpc) is 1.13. The van der Waals surface area contributed by atoms with Gasteiger partial charge in [0.1, 0.15) is 72.7 Å². The first-order valence-corrected chi connectivity index (χ1v) is 31.7. The predicted molar refractivity (Wildman–Crippen MR) is 334 cm³/mol. The maximum absolute atomic E-state index is 15.7. The summed E-state index contributed by atoms with van der Waals surface area (Å²) < 4.78 is 98.4. The van der Waals surface area contributed by atoms with E-state index in [1.165, 1.54) is 84.1 Å². The minimum Gasteiger partial charge on any atom is -0.373 e. The molecule has 3 fully saturated rings. The first-order valence-electron chi connectivity index (χ1n) is 30.2. The molecular weight excluding hydrogens is 1320 g/mol. The number of aliphatic hydroxyl groups is 6. The zero-order valence-electron chi connectivity index (χ0n) is 53.2. The molecule has 9 atom stereocenters. The molecule has 3 saturated heterocycles. The Labute approximate surface area is 555 Å². The number of pyridine rings is 3. The van der Waals surface area contributed by atoms with Crippen LogP contribution < -0.4 is 14.7 Å². The van der Waals surface area contributed by atoms with E-state index in [2.05, 4.69) is 61.2 Å². The largest absolute Gasteiger partial charge is 0.581 e. The summed E-state index contributed by atoms with van der Waals surface area (Å²) in [5.41, 5.74) is 4.12. The molecule has 9 aromatic rings. The lowest BCUT2D eigenvalue weighted by Gasteiger charge is -2.32. The molecule has 0 aliphatic carbocycles. The van der Waals surface area contributed by atoms with E-state index in [0.717, 1.165) is 20.8 Å². The molecule has 3 aromatic carbocycles. The summed E-state index contributed by atoms with van der Waals surface area (Å²) in [6.45, 7) is -0.218. The van der Waals surface area contributed by atoms with Gasteiger partial charge in [0.05, 0.1) is 60.6 Å². The Hall–Kier alpha value is -8.70. The van der Waals surface area contributed by atoms with Crippen LogP contribution in [-0.4, -0.2) is 225 Å². The summed E-state index contributed by atoms with van der Waals surface area (Å²) >= 11 is 0. The van der Waals surface area contributed by atoms with Gasteiger partial charge in [-0.25, -0.2) is 13.2 Å². The number of rotatable bonds is 27. The second kappa shape index (κ2) is 28.6. The van der Waals surface area contributed by atoms with Crippen molar-refractivity contribution in [3.05, 3.63) is 127 Å². The van der Waals surface area contributed by atoms with Crippen LogP contribution in [0.1, 0.15) is 20.8 Å². The molecule has 12 rings (SSSR count). The van der Waals surface area contributed by atoms with Crippen LogP contribution in [0.15, 0.2) is 110 Å². The summed E-state index contributed by atoms with van der Waals surface area (Å²) in [5, 5.41) is 103. The lowest BCUT2D eigenvalue weighted by Crippen LogP contribution is -2.43. The van der Waals surface area contributed by atoms with Gasteiger partial charge >= 0.3 is 8.17 Å². The molecule has 6 aromatic heterocycles. The Kier molecular flexibility index (Phi) is 20.2. The van der Waals surface area contributed by atoms with Crippen LogP contribution in [0.2, 0.25) is 0 Å². The summed E-state index contributed by atoms with van der Waals surface area (Å²) in [4.78, 5) is 33.1. The molecule has 3 aliphatic heterocycles. The normalized spacial score (nSPS) is 21.4. The molecule has 518 valence electrons. The van der Waals surface area contributed by atoms with E-state index in [-0.39, 0.29) is 73.2 Å². The quantitative estimate of drug-likeness (QED) is 0.0287. The van der Waals surface area contributed by atoms with Gasteiger partial charge in [-0.3, -0.25) is 15.0 Å². The Morgan fingerprint density at radius 2 is 0.745 bits per heavy atom. The minimum absolute atomic E-state index is 0.0269. The highest BCUT2D eigenvalue weighted by atomic mass is 31.2. The SMILES string of the molecule is Cn1nnc(-c2ccc(-c3ccc(N4C[C@H](COCC(C)(O)O[P+](O)(OC(C)(O)COC[C@H]5CN(c6ccc(-c7ccc(-c8nnn(C)n8)nc7)c(F)c6)[C@H](O)O5)OC(C)(O)COC[C@H]5CN(c6ccc(-c7ccc(-c8nnn(C)n8)nc7)c(F)c6)[C@H](O)O5)O[C@H]4O)cc3F)cn2)n1. The number of halogens is 3. The van der Waals surface area contributed by atoms with Crippen LogP contribution in [-0.2, 0) is 63.1 Å². The number of tetrazole rings is 3. The molecule has 0 radical (unpaired) electrons. The van der Waals surface area contributed by atoms with Crippen molar-refractivity contribution >= 4 is 25.2 Å². The number of ether oxygens (including phenoxy) is 6. The van der Waals surface area contributed by atoms with E-state index in [0.29, 0.717) is 51.2 Å². The van der Waals surface area contributed by atoms with Gasteiger partial charge in [0, 0.05) is 69.0 Å². The van der Waals surface area contributed by atoms with E-state index in [1.54, 1.807) is 75.7 Å². The Bertz CT molecular complexity index is 3800. The van der Waals surface area contributed by atoms with E-state index < -0.39 is 100 Å². The first-order chi connectivity index (χ1) is 46.7. The Balaban J connectivity index is 0.664. The molecule has 0 spiro atoms. The minimum atomic E-state index is -5.22. The number of anilines is 3. The molecular formula is C60H67F3N18O16P+. The fraction of sp³-hybridized carbons (Fsp3) is 0.400. The zero-order valence-corrected chi connectivity index (χ0v) is 54.1. The second-order valence-electron chi connectivity index (χ2n) is 23.6. The van der Waals surface area contributed by atoms with Crippen LogP contribution in [0.25, 0.3) is 67.9 Å². The molecule has 98 heavy (non-hydrogen) atoms. The maximum Gasteiger partial charge on any atom is 0.581 e. The molecule has 0 saturated carbocycles. The lowest BCUT2D eigenvalue weighted by molar-refractivity contribution is -0.250. The fourth-order valence-corrected chi connectivity index (χ4v) is 12.5. The highest BCUT2D eigenvalue weighted by Crippen LogP contribution is 2.64. The van der Waals surface area contributed by atoms with E-state index in [9.17, 15) is 35.5 Å². The highest BCUT2D eigenvalue weighted by Gasteiger charge is 2.60. The van der Waals surface area contributed by atoms with Crippen molar-refractivity contribution in [3.63, 3.8) is 0 Å². The third kappa shape index (κ3) is 16.5. The van der Waals surface area contributed by atoms with Gasteiger partial charge in [0.2, 0.25) is 54.1 Å². The van der Waals surface area contributed by atoms with Gasteiger partial charge in [0.25, 0.3) is 0 Å². The van der Waals surface area contributed by atoms with Crippen LogP contribution in [0.5, 0.6) is 0 Å². The number of aliphatic hydroxyl groups excluding tert-OH is 3. The van der Waals surface area contributed by atoms with E-state index >= 15 is 13.2 Å². The molecule has 38 heteroatoms. The zero-order chi connectivity index (χ0) is 69.3. The standard InChI is InChI=1S/C60H67F3N18O16P/c1-58(85,31-89-28-40-25-79(55(82)92-40)37-10-13-43(46(61)19-37)34-7-16-49(64-22-34)52-67-73-76(4)70-52)95-98(88,96-59(2,86)32-90-29-41-26-80(56(83)93-41)38-11-14-44(47(62)20-38)35-8-17-50(65-23-35)53-68-74-77(5)71-53)97-60(3,87)33-91-30-42-27-81(57(84)94-42)39-12-15-45(48(63)21-39)36-9-18-51(66-24-36)54-69-75-78(6)72-54/h7-24,40-42,55-57,82-88H,25-33H2,1-6H3/q+1/t40-,41-,42-,55-,56-,57-,58?,59?,60?,98?/m1/s1. The smallest absolute Gasteiger partial charge is 0.373 e. The van der Waals surface area contributed by atoms with E-state index in [1.807, 2.05) is 0 Å². The second-order valence-corrected chi connectivity index (χ2v) is 25.1. The van der Waals surface area contributed by atoms with Gasteiger partial charge < -0.3 is 73.8 Å². The number of hydrogen-bond acceptors (Lipinski definition) is 31. The third-order valence-corrected chi connectivity index (χ3v) is 17.1. The summed E-state index contributed by atoms with van der Waals surface area (Å²) in [5.74, 6) is -8.70. The van der Waals surface area contributed by atoms with Crippen molar-refractivity contribution in [1.82, 2.24) is 75.6 Å². The average molecular weight is 1380 g/mol. The van der Waals surface area contributed by atoms with Crippen LogP contribution >= 0.6 is 8.17 Å². The monoisotopic (exact) mass is 1380 g/mol. The van der Waals surface area contributed by atoms with Crippen molar-refractivity contribution < 1.29 is 90.7 Å². The molecule has 9 heterocycles. The van der Waals surface area contributed by atoms with Crippen molar-refractivity contribution in [2.45, 2.75) is 75.7 Å². The summed E-state index contributed by atoms with van der Waals surface area (Å²) in [7, 11) is -0.386. The number of nitrogens with zero attached hydrogens (tertiary/aromatic N) is 18. The highest BCUT2D eigenvalue weighted by molar-refractivity contribution is 7.55. The van der Waals surface area contributed by atoms with Gasteiger partial charge in [-0.1, -0.05) is 18.2 Å². The van der Waals surface area contributed by atoms with Crippen LogP contribution in [0, 0.1) is 17.5 Å². The summed E-state index contributed by atoms with van der Waals surface area (Å²) in [6, 6.07) is 22.8. The van der Waals surface area contributed by atoms with Crippen molar-refractivity contribution in [1.29, 1.82) is 0 Å². The number of aromatic nitrogens is 15. The Morgan fingerprint density at radius 3 is 0.980 bits per heavy atom. The molecule has 0 bridgehead atoms. The maximum atomic E-state index is 15.7. The van der Waals surface area contributed by atoms with Crippen molar-refractivity contribution in [2.24, 2.45) is 21.1 Å². The predicted octanol–water partition coefficient (Wildman–Crippen LogP) is 2.60. The topological polar surface area (TPSA) is 404 Å². The van der Waals surface area contributed by atoms with Gasteiger partial charge in [0.15, 0.2) is 0 Å². The van der Waals surface area contributed by atoms with E-state index in [4.69, 9.17) is 42.0 Å². The van der Waals surface area contributed by atoms with Gasteiger partial charge in [-0.2, -0.15) is 19.3 Å². The van der Waals surface area contributed by atoms with Crippen molar-refractivity contribution in [3.8, 4) is 67.9 Å². The third-order valence-electron chi connectivity index (χ3n) is 15.2. The van der Waals surface area contributed by atoms with Gasteiger partial charge in [-0.15, -0.1) is 44.2 Å². The number of benzene rings is 3. The fourth-order valence-electron chi connectivity index (χ4n) is 10.8. The van der Waals surface area contributed by atoms with Gasteiger partial charge in [-0.05, 0) is 109 Å². The van der Waals surface area contributed by atoms with Crippen LogP contribution in [0.3, 0.4) is 0 Å². The summed E-state index contributed by atoms with van der Waals surface area (Å²) in [6.07, 6.45) is -2.90. The number of hydrogen-bond donors (Lipinski definition) is 7. The Morgan fingerprint density at radius 1 is 0.459 bits per heavy atom. The molecule has 7 N–H and O–H groups in total. The number of aryl methyl sites for hydroxylation is 3. The molecule has 3 aliphatic rings. The molecule has 34 nitrogen and oxygen atoms in total. The van der Waals surface area contributed by atoms with Crippen LogP contribution in [0.4, 0.5) is 30.2 Å².